The maximum Gasteiger partial charge on any atom is 0.243 e. The van der Waals surface area contributed by atoms with E-state index in [1.165, 1.54) is 45.0 Å². The van der Waals surface area contributed by atoms with Crippen molar-refractivity contribution in [2.75, 3.05) is 31.7 Å². The molecule has 0 unspecified atom stereocenters. The molecule has 3 aromatic carbocycles. The number of nitrogens with one attached hydrogen (secondary N) is 1. The summed E-state index contributed by atoms with van der Waals surface area (Å²) in [6.45, 7) is 9.77. The second-order valence-corrected chi connectivity index (χ2v) is 15.8. The largest absolute Gasteiger partial charge is 0.291 e. The van der Waals surface area contributed by atoms with Gasteiger partial charge in [-0.1, -0.05) is 39.8 Å². The van der Waals surface area contributed by atoms with Crippen molar-refractivity contribution in [2.24, 2.45) is 28.8 Å². The van der Waals surface area contributed by atoms with Crippen molar-refractivity contribution >= 4 is 53.0 Å². The summed E-state index contributed by atoms with van der Waals surface area (Å²) in [6, 6.07) is 8.72. The Morgan fingerprint density at radius 3 is 1.55 bits per heavy atom. The first-order valence-electron chi connectivity index (χ1n) is 13.6. The van der Waals surface area contributed by atoms with Gasteiger partial charge in [0.1, 0.15) is 5.69 Å². The van der Waals surface area contributed by atoms with Crippen LogP contribution >= 0.6 is 0 Å². The molecule has 3 aromatic rings. The molecule has 216 valence electrons. The number of fused-ring (bicyclic) bond motifs is 2. The van der Waals surface area contributed by atoms with Gasteiger partial charge in [-0.25, -0.2) is 16.8 Å². The Hall–Kier alpha value is -2.64. The van der Waals surface area contributed by atoms with Gasteiger partial charge in [0.15, 0.2) is 0 Å². The van der Waals surface area contributed by atoms with Crippen molar-refractivity contribution in [3.63, 3.8) is 0 Å². The van der Waals surface area contributed by atoms with Gasteiger partial charge in [-0.3, -0.25) is 10.7 Å². The zero-order chi connectivity index (χ0) is 29.0. The predicted octanol–water partition coefficient (Wildman–Crippen LogP) is 5.53. The highest BCUT2D eigenvalue weighted by Gasteiger charge is 2.34. The van der Waals surface area contributed by atoms with E-state index in [9.17, 15) is 26.9 Å². The lowest BCUT2D eigenvalue weighted by atomic mass is 9.93. The van der Waals surface area contributed by atoms with Gasteiger partial charge in [0.05, 0.1) is 15.5 Å². The molecule has 5 rings (SSSR count). The van der Waals surface area contributed by atoms with E-state index in [0.717, 1.165) is 12.8 Å². The van der Waals surface area contributed by atoms with Gasteiger partial charge in [0, 0.05) is 47.7 Å². The Kier molecular flexibility index (Phi) is 7.68. The Bertz CT molecular complexity index is 1670. The van der Waals surface area contributed by atoms with E-state index in [-0.39, 0.29) is 55.6 Å². The molecule has 2 aliphatic rings. The Labute approximate surface area is 235 Å². The van der Waals surface area contributed by atoms with Crippen LogP contribution in [0.1, 0.15) is 40.5 Å². The van der Waals surface area contributed by atoms with Crippen LogP contribution < -0.4 is 5.48 Å². The molecule has 0 radical (unpaired) electrons. The van der Waals surface area contributed by atoms with E-state index in [4.69, 9.17) is 0 Å². The molecule has 12 heteroatoms. The van der Waals surface area contributed by atoms with Crippen molar-refractivity contribution < 1.29 is 22.0 Å². The molecule has 0 saturated carbocycles. The van der Waals surface area contributed by atoms with Gasteiger partial charge in [0.2, 0.25) is 20.0 Å². The third kappa shape index (κ3) is 5.00. The zero-order valence-corrected chi connectivity index (χ0v) is 24.8. The summed E-state index contributed by atoms with van der Waals surface area (Å²) in [6.07, 6.45) is 1.91. The number of rotatable bonds is 6. The lowest BCUT2D eigenvalue weighted by molar-refractivity contribution is 0.222. The van der Waals surface area contributed by atoms with Crippen molar-refractivity contribution in [3.8, 4) is 0 Å². The lowest BCUT2D eigenvalue weighted by Gasteiger charge is -2.34. The van der Waals surface area contributed by atoms with E-state index >= 15 is 0 Å². The number of piperidine rings is 2. The topological polar surface area (TPSA) is 136 Å². The van der Waals surface area contributed by atoms with E-state index in [1.54, 1.807) is 0 Å². The van der Waals surface area contributed by atoms with Gasteiger partial charge < -0.3 is 0 Å². The standard InChI is InChI=1S/C28H36N4O6S2/c1-17-9-18(2)14-31(13-17)39(35,36)21-5-7-23-25(11-21)27(29-33)24-8-6-22(12-26(24)28(23)30-34)40(37,38)32-15-19(3)10-20(4)16-32/h5-8,11-12,17-20,29,33H,9-10,13-16H2,1-4H3/t17-,18+,19-,20+. The Balaban J connectivity index is 1.65. The molecule has 0 bridgehead atoms. The van der Waals surface area contributed by atoms with Crippen LogP contribution in [0.5, 0.6) is 0 Å². The van der Waals surface area contributed by atoms with Gasteiger partial charge in [0.25, 0.3) is 0 Å². The second kappa shape index (κ2) is 10.6. The van der Waals surface area contributed by atoms with Crippen molar-refractivity contribution in [2.45, 2.75) is 50.3 Å². The highest BCUT2D eigenvalue weighted by atomic mass is 32.2. The molecule has 2 N–H and O–H groups in total. The van der Waals surface area contributed by atoms with Crippen LogP contribution in [-0.4, -0.2) is 56.8 Å². The summed E-state index contributed by atoms with van der Waals surface area (Å²) >= 11 is 0. The van der Waals surface area contributed by atoms with E-state index < -0.39 is 20.0 Å². The summed E-state index contributed by atoms with van der Waals surface area (Å²) in [4.78, 5) is 12.2. The fourth-order valence-electron chi connectivity index (χ4n) is 6.61. The number of hydrogen-bond acceptors (Lipinski definition) is 8. The molecule has 2 fully saturated rings. The number of sulfonamides is 2. The zero-order valence-electron chi connectivity index (χ0n) is 23.2. The van der Waals surface area contributed by atoms with Gasteiger partial charge in [-0.05, 0) is 66.0 Å². The molecule has 0 spiro atoms. The third-order valence-corrected chi connectivity index (χ3v) is 11.8. The smallest absolute Gasteiger partial charge is 0.243 e. The minimum Gasteiger partial charge on any atom is -0.291 e. The molecule has 2 aliphatic heterocycles. The Morgan fingerprint density at radius 2 is 1.12 bits per heavy atom. The fraction of sp³-hybridized carbons (Fsp3) is 0.500. The Morgan fingerprint density at radius 1 is 0.700 bits per heavy atom. The van der Waals surface area contributed by atoms with Crippen LogP contribution in [0.3, 0.4) is 0 Å². The normalized spacial score (nSPS) is 25.3. The molecule has 2 saturated heterocycles. The third-order valence-electron chi connectivity index (χ3n) is 8.18. The number of benzene rings is 3. The van der Waals surface area contributed by atoms with Gasteiger partial charge >= 0.3 is 0 Å². The molecule has 4 atom stereocenters. The van der Waals surface area contributed by atoms with E-state index in [2.05, 4.69) is 10.7 Å². The van der Waals surface area contributed by atoms with E-state index in [0.29, 0.717) is 37.0 Å². The minimum atomic E-state index is -3.84. The molecular formula is C28H36N4O6S2. The highest BCUT2D eigenvalue weighted by Crippen LogP contribution is 2.43. The van der Waals surface area contributed by atoms with Gasteiger partial charge in [-0.15, -0.1) is 4.91 Å². The average molecular weight is 589 g/mol. The number of hydrogen-bond donors (Lipinski definition) is 2. The van der Waals surface area contributed by atoms with Crippen LogP contribution in [0.4, 0.5) is 11.4 Å². The first-order valence-corrected chi connectivity index (χ1v) is 16.5. The number of nitroso groups, excluding NO2 is 1. The summed E-state index contributed by atoms with van der Waals surface area (Å²) in [5, 5.41) is 14.6. The first kappa shape index (κ1) is 28.9. The van der Waals surface area contributed by atoms with Crippen LogP contribution in [0, 0.1) is 28.6 Å². The van der Waals surface area contributed by atoms with Crippen molar-refractivity contribution in [3.05, 3.63) is 41.3 Å². The van der Waals surface area contributed by atoms with Crippen LogP contribution in [0.15, 0.2) is 51.4 Å². The quantitative estimate of drug-likeness (QED) is 0.220. The van der Waals surface area contributed by atoms with Gasteiger partial charge in [-0.2, -0.15) is 8.61 Å². The number of nitrogens with zero attached hydrogens (tertiary/aromatic N) is 3. The fourth-order valence-corrected chi connectivity index (χ4v) is 10.0. The predicted molar refractivity (Wildman–Crippen MR) is 156 cm³/mol. The average Bonchev–Trinajstić information content (AvgIpc) is 2.89. The van der Waals surface area contributed by atoms with Crippen LogP contribution in [0.25, 0.3) is 21.5 Å². The maximum atomic E-state index is 13.6. The van der Waals surface area contributed by atoms with Crippen molar-refractivity contribution in [1.29, 1.82) is 0 Å². The van der Waals surface area contributed by atoms with Crippen LogP contribution in [0.2, 0.25) is 0 Å². The van der Waals surface area contributed by atoms with E-state index in [1.807, 2.05) is 27.7 Å². The number of anilines is 1. The lowest BCUT2D eigenvalue weighted by Crippen LogP contribution is -2.42. The van der Waals surface area contributed by atoms with Crippen molar-refractivity contribution in [1.82, 2.24) is 8.61 Å². The summed E-state index contributed by atoms with van der Waals surface area (Å²) in [5.41, 5.74) is 2.30. The summed E-state index contributed by atoms with van der Waals surface area (Å²) < 4.78 is 57.3. The van der Waals surface area contributed by atoms with Crippen LogP contribution in [-0.2, 0) is 20.0 Å². The molecule has 40 heavy (non-hydrogen) atoms. The molecule has 0 amide bonds. The molecule has 2 heterocycles. The molecular weight excluding hydrogens is 552 g/mol. The molecule has 0 aliphatic carbocycles. The SMILES string of the molecule is C[C@@H]1C[C@H](C)CN(S(=O)(=O)c2ccc3c(NO)c4cc(S(=O)(=O)N5C[C@H](C)C[C@H](C)C5)ccc4c(N=O)c3c2)C1. The maximum absolute atomic E-state index is 13.6. The molecule has 10 nitrogen and oxygen atoms in total. The highest BCUT2D eigenvalue weighted by molar-refractivity contribution is 7.89. The second-order valence-electron chi connectivity index (χ2n) is 11.9. The summed E-state index contributed by atoms with van der Waals surface area (Å²) in [5.74, 6) is 0.903. The minimum absolute atomic E-state index is 0.0226. The first-order chi connectivity index (χ1) is 18.9. The summed E-state index contributed by atoms with van der Waals surface area (Å²) in [7, 11) is -7.68. The molecule has 0 aromatic heterocycles. The monoisotopic (exact) mass is 588 g/mol.